The molecule has 1 unspecified atom stereocenters. The molecule has 0 bridgehead atoms. The highest BCUT2D eigenvalue weighted by Gasteiger charge is 2.06. The van der Waals surface area contributed by atoms with Gasteiger partial charge in [0.15, 0.2) is 5.96 Å². The second-order valence-corrected chi connectivity index (χ2v) is 6.70. The van der Waals surface area contributed by atoms with Gasteiger partial charge < -0.3 is 15.4 Å². The Morgan fingerprint density at radius 1 is 1.19 bits per heavy atom. The van der Waals surface area contributed by atoms with Crippen molar-refractivity contribution in [2.24, 2.45) is 4.99 Å². The SMILES string of the molecule is CCNC(=NCCC(C)c1ccc(OC)cc1)NCCc1ccncc1C. The topological polar surface area (TPSA) is 58.5 Å². The predicted molar refractivity (Wildman–Crippen MR) is 113 cm³/mol. The summed E-state index contributed by atoms with van der Waals surface area (Å²) in [6.07, 6.45) is 5.73. The van der Waals surface area contributed by atoms with Crippen molar-refractivity contribution in [1.82, 2.24) is 15.6 Å². The first-order valence-electron chi connectivity index (χ1n) is 9.69. The van der Waals surface area contributed by atoms with Gasteiger partial charge in [-0.05, 0) is 67.5 Å². The van der Waals surface area contributed by atoms with E-state index < -0.39 is 0 Å². The molecule has 0 saturated heterocycles. The lowest BCUT2D eigenvalue weighted by Gasteiger charge is -2.14. The Bertz CT molecular complexity index is 713. The lowest BCUT2D eigenvalue weighted by molar-refractivity contribution is 0.414. The van der Waals surface area contributed by atoms with E-state index in [1.54, 1.807) is 7.11 Å². The van der Waals surface area contributed by atoms with Crippen molar-refractivity contribution in [3.63, 3.8) is 0 Å². The fourth-order valence-corrected chi connectivity index (χ4v) is 2.91. The standard InChI is InChI=1S/C22H32N4O/c1-5-24-22(26-15-12-20-11-13-23-16-18(20)3)25-14-10-17(2)19-6-8-21(27-4)9-7-19/h6-9,11,13,16-17H,5,10,12,14-15H2,1-4H3,(H2,24,25,26). The number of guanidine groups is 1. The fraction of sp³-hybridized carbons (Fsp3) is 0.455. The number of nitrogens with zero attached hydrogens (tertiary/aromatic N) is 2. The highest BCUT2D eigenvalue weighted by molar-refractivity contribution is 5.79. The zero-order valence-electron chi connectivity index (χ0n) is 17.0. The number of rotatable bonds is 9. The molecule has 0 aliphatic rings. The lowest BCUT2D eigenvalue weighted by Crippen LogP contribution is -2.38. The van der Waals surface area contributed by atoms with Crippen LogP contribution >= 0.6 is 0 Å². The molecule has 27 heavy (non-hydrogen) atoms. The van der Waals surface area contributed by atoms with Gasteiger partial charge in [-0.2, -0.15) is 0 Å². The molecule has 0 saturated carbocycles. The molecular formula is C22H32N4O. The van der Waals surface area contributed by atoms with Crippen LogP contribution in [0.5, 0.6) is 5.75 Å². The molecule has 1 aromatic carbocycles. The Balaban J connectivity index is 1.82. The fourth-order valence-electron chi connectivity index (χ4n) is 2.91. The first-order chi connectivity index (χ1) is 13.1. The summed E-state index contributed by atoms with van der Waals surface area (Å²) < 4.78 is 5.22. The molecular weight excluding hydrogens is 336 g/mol. The molecule has 1 heterocycles. The normalized spacial score (nSPS) is 12.5. The molecule has 146 valence electrons. The molecule has 0 aliphatic carbocycles. The van der Waals surface area contributed by atoms with E-state index in [0.29, 0.717) is 5.92 Å². The van der Waals surface area contributed by atoms with Gasteiger partial charge in [-0.3, -0.25) is 9.98 Å². The van der Waals surface area contributed by atoms with Gasteiger partial charge in [-0.15, -0.1) is 0 Å². The molecule has 2 aromatic rings. The smallest absolute Gasteiger partial charge is 0.191 e. The van der Waals surface area contributed by atoms with Gasteiger partial charge in [0.25, 0.3) is 0 Å². The zero-order valence-corrected chi connectivity index (χ0v) is 17.0. The Morgan fingerprint density at radius 3 is 2.63 bits per heavy atom. The maximum Gasteiger partial charge on any atom is 0.191 e. The van der Waals surface area contributed by atoms with Gasteiger partial charge >= 0.3 is 0 Å². The second-order valence-electron chi connectivity index (χ2n) is 6.70. The molecule has 1 aromatic heterocycles. The molecule has 0 radical (unpaired) electrons. The average molecular weight is 369 g/mol. The number of nitrogens with one attached hydrogen (secondary N) is 2. The minimum atomic E-state index is 0.460. The van der Waals surface area contributed by atoms with E-state index >= 15 is 0 Å². The van der Waals surface area contributed by atoms with E-state index in [1.807, 2.05) is 24.5 Å². The Hall–Kier alpha value is -2.56. The van der Waals surface area contributed by atoms with Crippen molar-refractivity contribution >= 4 is 5.96 Å². The second kappa shape index (κ2) is 11.2. The molecule has 0 aliphatic heterocycles. The minimum absolute atomic E-state index is 0.460. The largest absolute Gasteiger partial charge is 0.497 e. The van der Waals surface area contributed by atoms with Crippen LogP contribution < -0.4 is 15.4 Å². The molecule has 5 nitrogen and oxygen atoms in total. The van der Waals surface area contributed by atoms with E-state index in [9.17, 15) is 0 Å². The van der Waals surface area contributed by atoms with Gasteiger partial charge in [0.1, 0.15) is 5.75 Å². The van der Waals surface area contributed by atoms with Crippen LogP contribution in [0.25, 0.3) is 0 Å². The van der Waals surface area contributed by atoms with Gasteiger partial charge in [0.05, 0.1) is 7.11 Å². The first-order valence-corrected chi connectivity index (χ1v) is 9.69. The van der Waals surface area contributed by atoms with Crippen LogP contribution in [-0.2, 0) is 6.42 Å². The molecule has 0 amide bonds. The van der Waals surface area contributed by atoms with Crippen molar-refractivity contribution in [3.8, 4) is 5.75 Å². The molecule has 5 heteroatoms. The van der Waals surface area contributed by atoms with Crippen molar-refractivity contribution in [2.75, 3.05) is 26.7 Å². The molecule has 1 atom stereocenters. The van der Waals surface area contributed by atoms with Crippen LogP contribution in [0.15, 0.2) is 47.7 Å². The maximum absolute atomic E-state index is 5.22. The van der Waals surface area contributed by atoms with Crippen LogP contribution in [0.1, 0.15) is 42.9 Å². The van der Waals surface area contributed by atoms with E-state index in [4.69, 9.17) is 9.73 Å². The third-order valence-electron chi connectivity index (χ3n) is 4.68. The van der Waals surface area contributed by atoms with Gasteiger partial charge in [-0.25, -0.2) is 0 Å². The number of methoxy groups -OCH3 is 1. The summed E-state index contributed by atoms with van der Waals surface area (Å²) in [4.78, 5) is 8.87. The van der Waals surface area contributed by atoms with E-state index in [0.717, 1.165) is 44.2 Å². The number of hydrogen-bond acceptors (Lipinski definition) is 3. The number of aromatic nitrogens is 1. The number of aliphatic imine (C=N–C) groups is 1. The Morgan fingerprint density at radius 2 is 1.96 bits per heavy atom. The number of ether oxygens (including phenoxy) is 1. The third-order valence-corrected chi connectivity index (χ3v) is 4.68. The molecule has 0 fully saturated rings. The zero-order chi connectivity index (χ0) is 19.5. The number of benzene rings is 1. The van der Waals surface area contributed by atoms with Crippen molar-refractivity contribution in [2.45, 2.75) is 39.5 Å². The van der Waals surface area contributed by atoms with Crippen LogP contribution in [-0.4, -0.2) is 37.7 Å². The Kier molecular flexibility index (Phi) is 8.62. The predicted octanol–water partition coefficient (Wildman–Crippen LogP) is 3.69. The van der Waals surface area contributed by atoms with Crippen molar-refractivity contribution in [1.29, 1.82) is 0 Å². The monoisotopic (exact) mass is 368 g/mol. The highest BCUT2D eigenvalue weighted by Crippen LogP contribution is 2.21. The van der Waals surface area contributed by atoms with E-state index in [2.05, 4.69) is 54.6 Å². The van der Waals surface area contributed by atoms with E-state index in [-0.39, 0.29) is 0 Å². The molecule has 0 spiro atoms. The maximum atomic E-state index is 5.22. The number of pyridine rings is 1. The summed E-state index contributed by atoms with van der Waals surface area (Å²) >= 11 is 0. The van der Waals surface area contributed by atoms with Crippen molar-refractivity contribution in [3.05, 3.63) is 59.4 Å². The van der Waals surface area contributed by atoms with E-state index in [1.165, 1.54) is 16.7 Å². The van der Waals surface area contributed by atoms with Crippen LogP contribution in [0.4, 0.5) is 0 Å². The summed E-state index contributed by atoms with van der Waals surface area (Å²) in [7, 11) is 1.69. The van der Waals surface area contributed by atoms with Gasteiger partial charge in [-0.1, -0.05) is 19.1 Å². The van der Waals surface area contributed by atoms with Crippen molar-refractivity contribution < 1.29 is 4.74 Å². The van der Waals surface area contributed by atoms with Crippen LogP contribution in [0, 0.1) is 6.92 Å². The number of aryl methyl sites for hydroxylation is 1. The van der Waals surface area contributed by atoms with Crippen LogP contribution in [0.2, 0.25) is 0 Å². The summed E-state index contributed by atoms with van der Waals surface area (Å²) in [6.45, 7) is 8.92. The van der Waals surface area contributed by atoms with Gasteiger partial charge in [0, 0.05) is 32.0 Å². The summed E-state index contributed by atoms with van der Waals surface area (Å²) in [5, 5.41) is 6.75. The summed E-state index contributed by atoms with van der Waals surface area (Å²) in [5.74, 6) is 2.24. The quantitative estimate of drug-likeness (QED) is 0.523. The molecule has 2 rings (SSSR count). The highest BCUT2D eigenvalue weighted by atomic mass is 16.5. The minimum Gasteiger partial charge on any atom is -0.497 e. The third kappa shape index (κ3) is 6.93. The van der Waals surface area contributed by atoms with Crippen LogP contribution in [0.3, 0.4) is 0 Å². The average Bonchev–Trinajstić information content (AvgIpc) is 2.69. The summed E-state index contributed by atoms with van der Waals surface area (Å²) in [5.41, 5.74) is 3.87. The Labute approximate surface area is 163 Å². The summed E-state index contributed by atoms with van der Waals surface area (Å²) in [6, 6.07) is 10.4. The number of hydrogen-bond donors (Lipinski definition) is 2. The lowest BCUT2D eigenvalue weighted by atomic mass is 9.98. The molecule has 2 N–H and O–H groups in total. The first kappa shape index (κ1) is 20.7. The van der Waals surface area contributed by atoms with Gasteiger partial charge in [0.2, 0.25) is 0 Å².